The molecule has 1 atom stereocenters. The normalized spacial score (nSPS) is 20.9. The molecule has 0 radical (unpaired) electrons. The second-order valence-electron chi connectivity index (χ2n) is 3.86. The Hall–Kier alpha value is -0.630. The topological polar surface area (TPSA) is 75.7 Å². The van der Waals surface area contributed by atoms with Gasteiger partial charge < -0.3 is 4.74 Å². The van der Waals surface area contributed by atoms with Crippen LogP contribution in [-0.4, -0.2) is 44.4 Å². The van der Waals surface area contributed by atoms with Crippen LogP contribution >= 0.6 is 11.6 Å². The van der Waals surface area contributed by atoms with Crippen LogP contribution < -0.4 is 4.72 Å². The van der Waals surface area contributed by atoms with Crippen molar-refractivity contribution in [3.63, 3.8) is 0 Å². The van der Waals surface area contributed by atoms with Crippen LogP contribution in [0.25, 0.3) is 0 Å². The maximum absolute atomic E-state index is 12.0. The van der Waals surface area contributed by atoms with Gasteiger partial charge in [-0.1, -0.05) is 18.2 Å². The Kier molecular flexibility index (Phi) is 5.58. The first-order valence-electron chi connectivity index (χ1n) is 5.65. The highest BCUT2D eigenvalue weighted by atomic mass is 35.5. The van der Waals surface area contributed by atoms with Gasteiger partial charge in [0.1, 0.15) is 6.04 Å². The van der Waals surface area contributed by atoms with Gasteiger partial charge in [-0.05, 0) is 19.8 Å². The van der Waals surface area contributed by atoms with Crippen LogP contribution in [0.5, 0.6) is 0 Å². The van der Waals surface area contributed by atoms with Crippen molar-refractivity contribution in [3.05, 3.63) is 11.6 Å². The van der Waals surface area contributed by atoms with E-state index in [0.29, 0.717) is 19.4 Å². The first-order valence-corrected chi connectivity index (χ1v) is 7.46. The van der Waals surface area contributed by atoms with Crippen molar-refractivity contribution in [2.75, 3.05) is 19.7 Å². The van der Waals surface area contributed by atoms with E-state index in [1.54, 1.807) is 6.92 Å². The van der Waals surface area contributed by atoms with Crippen molar-refractivity contribution in [2.24, 2.45) is 0 Å². The standard InChI is InChI=1S/C10H17ClN2O4S/c1-3-17-10(14)9-5-4-6-13(9)18(15,16)12-7-8(2)11/h9,12H,2-7H2,1H3. The minimum absolute atomic E-state index is 0.0596. The van der Waals surface area contributed by atoms with E-state index in [-0.39, 0.29) is 18.2 Å². The lowest BCUT2D eigenvalue weighted by molar-refractivity contribution is -0.146. The van der Waals surface area contributed by atoms with Crippen LogP contribution in [0, 0.1) is 0 Å². The Morgan fingerprint density at radius 2 is 2.28 bits per heavy atom. The van der Waals surface area contributed by atoms with Gasteiger partial charge in [-0.25, -0.2) is 0 Å². The highest BCUT2D eigenvalue weighted by Crippen LogP contribution is 2.21. The summed E-state index contributed by atoms with van der Waals surface area (Å²) in [6, 6.07) is -0.744. The molecule has 8 heteroatoms. The summed E-state index contributed by atoms with van der Waals surface area (Å²) in [6.07, 6.45) is 1.10. The number of ether oxygens (including phenoxy) is 1. The van der Waals surface area contributed by atoms with Crippen LogP contribution in [0.2, 0.25) is 0 Å². The second kappa shape index (κ2) is 6.51. The molecular weight excluding hydrogens is 280 g/mol. The van der Waals surface area contributed by atoms with Crippen LogP contribution in [-0.2, 0) is 19.7 Å². The fraction of sp³-hybridized carbons (Fsp3) is 0.700. The first-order chi connectivity index (χ1) is 8.38. The lowest BCUT2D eigenvalue weighted by atomic mass is 10.2. The molecule has 0 saturated carbocycles. The Labute approximate surface area is 112 Å². The highest BCUT2D eigenvalue weighted by molar-refractivity contribution is 7.87. The molecule has 0 aromatic rings. The molecule has 0 bridgehead atoms. The maximum atomic E-state index is 12.0. The lowest BCUT2D eigenvalue weighted by Crippen LogP contribution is -2.47. The summed E-state index contributed by atoms with van der Waals surface area (Å²) in [5.41, 5.74) is 0. The number of esters is 1. The molecule has 104 valence electrons. The van der Waals surface area contributed by atoms with Crippen molar-refractivity contribution < 1.29 is 17.9 Å². The number of carbonyl (C=O) groups excluding carboxylic acids is 1. The van der Waals surface area contributed by atoms with E-state index in [0.717, 1.165) is 4.31 Å². The van der Waals surface area contributed by atoms with E-state index in [1.165, 1.54) is 0 Å². The summed E-state index contributed by atoms with van der Waals surface area (Å²) in [5.74, 6) is -0.509. The molecule has 1 rings (SSSR count). The Morgan fingerprint density at radius 3 is 2.83 bits per heavy atom. The molecule has 1 N–H and O–H groups in total. The van der Waals surface area contributed by atoms with E-state index in [4.69, 9.17) is 16.3 Å². The average molecular weight is 297 g/mol. The van der Waals surface area contributed by atoms with Crippen molar-refractivity contribution in [3.8, 4) is 0 Å². The van der Waals surface area contributed by atoms with Gasteiger partial charge in [0, 0.05) is 18.1 Å². The summed E-state index contributed by atoms with van der Waals surface area (Å²) in [5, 5.41) is 0.186. The summed E-state index contributed by atoms with van der Waals surface area (Å²) in [4.78, 5) is 11.6. The molecule has 1 fully saturated rings. The van der Waals surface area contributed by atoms with Gasteiger partial charge in [-0.3, -0.25) is 4.79 Å². The molecular formula is C10H17ClN2O4S. The van der Waals surface area contributed by atoms with Crippen molar-refractivity contribution in [1.82, 2.24) is 9.03 Å². The Balaban J connectivity index is 2.74. The number of nitrogens with one attached hydrogen (secondary N) is 1. The smallest absolute Gasteiger partial charge is 0.324 e. The Bertz CT molecular complexity index is 424. The van der Waals surface area contributed by atoms with Gasteiger partial charge >= 0.3 is 5.97 Å². The van der Waals surface area contributed by atoms with Gasteiger partial charge in [0.2, 0.25) is 0 Å². The monoisotopic (exact) mass is 296 g/mol. The Morgan fingerprint density at radius 1 is 1.61 bits per heavy atom. The number of nitrogens with zero attached hydrogens (tertiary/aromatic N) is 1. The number of rotatable bonds is 6. The number of halogens is 1. The van der Waals surface area contributed by atoms with E-state index < -0.39 is 22.2 Å². The molecule has 1 unspecified atom stereocenters. The zero-order chi connectivity index (χ0) is 13.8. The van der Waals surface area contributed by atoms with Gasteiger partial charge in [0.15, 0.2) is 0 Å². The molecule has 1 saturated heterocycles. The minimum Gasteiger partial charge on any atom is -0.465 e. The number of hydrogen-bond donors (Lipinski definition) is 1. The molecule has 0 aliphatic carbocycles. The molecule has 1 aliphatic rings. The third-order valence-corrected chi connectivity index (χ3v) is 4.21. The van der Waals surface area contributed by atoms with E-state index in [9.17, 15) is 13.2 Å². The summed E-state index contributed by atoms with van der Waals surface area (Å²) < 4.78 is 32.2. The van der Waals surface area contributed by atoms with E-state index in [1.807, 2.05) is 0 Å². The zero-order valence-corrected chi connectivity index (χ0v) is 11.8. The predicted molar refractivity (Wildman–Crippen MR) is 68.3 cm³/mol. The second-order valence-corrected chi connectivity index (χ2v) is 6.11. The van der Waals surface area contributed by atoms with Crippen LogP contribution in [0.15, 0.2) is 11.6 Å². The fourth-order valence-electron chi connectivity index (χ4n) is 1.75. The number of hydrogen-bond acceptors (Lipinski definition) is 4. The molecule has 1 aliphatic heterocycles. The molecule has 6 nitrogen and oxygen atoms in total. The average Bonchev–Trinajstić information content (AvgIpc) is 2.76. The summed E-state index contributed by atoms with van der Waals surface area (Å²) >= 11 is 5.51. The van der Waals surface area contributed by atoms with E-state index >= 15 is 0 Å². The first kappa shape index (κ1) is 15.4. The van der Waals surface area contributed by atoms with Crippen LogP contribution in [0.1, 0.15) is 19.8 Å². The van der Waals surface area contributed by atoms with Gasteiger partial charge in [-0.15, -0.1) is 0 Å². The highest BCUT2D eigenvalue weighted by Gasteiger charge is 2.39. The van der Waals surface area contributed by atoms with Gasteiger partial charge in [-0.2, -0.15) is 17.4 Å². The molecule has 1 heterocycles. The zero-order valence-electron chi connectivity index (χ0n) is 10.2. The van der Waals surface area contributed by atoms with Crippen LogP contribution in [0.4, 0.5) is 0 Å². The quantitative estimate of drug-likeness (QED) is 0.728. The largest absolute Gasteiger partial charge is 0.465 e. The van der Waals surface area contributed by atoms with E-state index in [2.05, 4.69) is 11.3 Å². The van der Waals surface area contributed by atoms with Gasteiger partial charge in [0.05, 0.1) is 6.61 Å². The molecule has 0 spiro atoms. The van der Waals surface area contributed by atoms with Crippen LogP contribution in [0.3, 0.4) is 0 Å². The third kappa shape index (κ3) is 3.94. The lowest BCUT2D eigenvalue weighted by Gasteiger charge is -2.22. The molecule has 0 aromatic heterocycles. The van der Waals surface area contributed by atoms with Crippen molar-refractivity contribution in [1.29, 1.82) is 0 Å². The minimum atomic E-state index is -3.73. The maximum Gasteiger partial charge on any atom is 0.324 e. The SMILES string of the molecule is C=C(Cl)CNS(=O)(=O)N1CCCC1C(=O)OCC. The summed E-state index contributed by atoms with van der Waals surface area (Å²) in [7, 11) is -3.73. The summed E-state index contributed by atoms with van der Waals surface area (Å²) in [6.45, 7) is 5.55. The van der Waals surface area contributed by atoms with Gasteiger partial charge in [0.25, 0.3) is 10.2 Å². The third-order valence-electron chi connectivity index (χ3n) is 2.52. The molecule has 18 heavy (non-hydrogen) atoms. The van der Waals surface area contributed by atoms with Crippen molar-refractivity contribution >= 4 is 27.8 Å². The molecule has 0 aromatic carbocycles. The fourth-order valence-corrected chi connectivity index (χ4v) is 3.32. The number of carbonyl (C=O) groups is 1. The predicted octanol–water partition coefficient (Wildman–Crippen LogP) is 0.601. The van der Waals surface area contributed by atoms with Crippen molar-refractivity contribution in [2.45, 2.75) is 25.8 Å². The molecule has 0 amide bonds.